The minimum atomic E-state index is -0.0334. The second-order valence-electron chi connectivity index (χ2n) is 7.75. The highest BCUT2D eigenvalue weighted by Crippen LogP contribution is 2.28. The van der Waals surface area contributed by atoms with Gasteiger partial charge in [-0.05, 0) is 22.9 Å². The van der Waals surface area contributed by atoms with Crippen LogP contribution in [0.3, 0.4) is 0 Å². The number of anilines is 1. The standard InChI is InChI=1S/C19H22N6O/c1-19(2)11-25(12-19)10-18(26)23-17-5-13-4-16(15-8-22-24(3)9-15)20-6-14(13)7-21-17/h4-9H,10-12H2,1-3H3,(H,21,23,26). The van der Waals surface area contributed by atoms with Gasteiger partial charge in [0, 0.05) is 49.7 Å². The zero-order chi connectivity index (χ0) is 18.3. The molecule has 1 aliphatic rings. The van der Waals surface area contributed by atoms with Crippen LogP contribution in [0.4, 0.5) is 5.82 Å². The number of nitrogens with zero attached hydrogens (tertiary/aromatic N) is 5. The number of aryl methyl sites for hydroxylation is 1. The number of rotatable bonds is 4. The Balaban J connectivity index is 1.50. The van der Waals surface area contributed by atoms with Crippen molar-refractivity contribution >= 4 is 22.5 Å². The average molecular weight is 350 g/mol. The molecule has 1 N–H and O–H groups in total. The van der Waals surface area contributed by atoms with E-state index in [4.69, 9.17) is 0 Å². The maximum atomic E-state index is 12.2. The van der Waals surface area contributed by atoms with Crippen molar-refractivity contribution in [1.82, 2.24) is 24.6 Å². The van der Waals surface area contributed by atoms with E-state index in [9.17, 15) is 4.79 Å². The van der Waals surface area contributed by atoms with Crippen molar-refractivity contribution < 1.29 is 4.79 Å². The fourth-order valence-electron chi connectivity index (χ4n) is 3.48. The monoisotopic (exact) mass is 350 g/mol. The first-order chi connectivity index (χ1) is 12.4. The van der Waals surface area contributed by atoms with E-state index >= 15 is 0 Å². The van der Waals surface area contributed by atoms with Crippen LogP contribution in [0.25, 0.3) is 22.0 Å². The molecule has 26 heavy (non-hydrogen) atoms. The van der Waals surface area contributed by atoms with Gasteiger partial charge in [0.1, 0.15) is 5.82 Å². The van der Waals surface area contributed by atoms with Crippen molar-refractivity contribution in [2.45, 2.75) is 13.8 Å². The van der Waals surface area contributed by atoms with E-state index in [1.165, 1.54) is 0 Å². The smallest absolute Gasteiger partial charge is 0.239 e. The van der Waals surface area contributed by atoms with Crippen LogP contribution in [0.15, 0.2) is 36.9 Å². The summed E-state index contributed by atoms with van der Waals surface area (Å²) in [4.78, 5) is 23.2. The van der Waals surface area contributed by atoms with Crippen LogP contribution in [0.1, 0.15) is 13.8 Å². The number of aromatic nitrogens is 4. The molecule has 3 aromatic rings. The molecule has 4 rings (SSSR count). The van der Waals surface area contributed by atoms with Gasteiger partial charge in [-0.2, -0.15) is 5.10 Å². The summed E-state index contributed by atoms with van der Waals surface area (Å²) in [5, 5.41) is 8.99. The van der Waals surface area contributed by atoms with Crippen LogP contribution in [-0.2, 0) is 11.8 Å². The normalized spacial score (nSPS) is 16.4. The third kappa shape index (κ3) is 3.43. The molecule has 1 amide bonds. The van der Waals surface area contributed by atoms with Crippen LogP contribution in [0.2, 0.25) is 0 Å². The van der Waals surface area contributed by atoms with Gasteiger partial charge in [-0.1, -0.05) is 13.8 Å². The second kappa shape index (κ2) is 6.17. The Morgan fingerprint density at radius 2 is 1.92 bits per heavy atom. The zero-order valence-corrected chi connectivity index (χ0v) is 15.2. The van der Waals surface area contributed by atoms with E-state index < -0.39 is 0 Å². The van der Waals surface area contributed by atoms with Gasteiger partial charge in [0.05, 0.1) is 18.4 Å². The van der Waals surface area contributed by atoms with E-state index in [1.54, 1.807) is 23.3 Å². The third-order valence-corrected chi connectivity index (χ3v) is 4.54. The number of fused-ring (bicyclic) bond motifs is 1. The first-order valence-electron chi connectivity index (χ1n) is 8.65. The Hall–Kier alpha value is -2.80. The Bertz CT molecular complexity index is 969. The molecule has 0 atom stereocenters. The molecule has 0 unspecified atom stereocenters. The van der Waals surface area contributed by atoms with Gasteiger partial charge < -0.3 is 5.32 Å². The number of amides is 1. The van der Waals surface area contributed by atoms with E-state index in [0.717, 1.165) is 35.1 Å². The Kier molecular flexibility index (Phi) is 3.96. The lowest BCUT2D eigenvalue weighted by atomic mass is 9.84. The van der Waals surface area contributed by atoms with Crippen molar-refractivity contribution in [2.24, 2.45) is 12.5 Å². The molecule has 134 valence electrons. The molecule has 7 heteroatoms. The largest absolute Gasteiger partial charge is 0.310 e. The van der Waals surface area contributed by atoms with Gasteiger partial charge in [-0.25, -0.2) is 4.98 Å². The van der Waals surface area contributed by atoms with Crippen LogP contribution < -0.4 is 5.32 Å². The summed E-state index contributed by atoms with van der Waals surface area (Å²) >= 11 is 0. The Labute approximate surface area is 152 Å². The maximum Gasteiger partial charge on any atom is 0.239 e. The molecular weight excluding hydrogens is 328 g/mol. The first kappa shape index (κ1) is 16.7. The summed E-state index contributed by atoms with van der Waals surface area (Å²) in [6, 6.07) is 3.87. The van der Waals surface area contributed by atoms with Crippen molar-refractivity contribution in [3.63, 3.8) is 0 Å². The third-order valence-electron chi connectivity index (χ3n) is 4.54. The quantitative estimate of drug-likeness (QED) is 0.781. The minimum Gasteiger partial charge on any atom is -0.310 e. The molecule has 0 aliphatic carbocycles. The molecule has 0 aromatic carbocycles. The lowest BCUT2D eigenvalue weighted by molar-refractivity contribution is -0.120. The first-order valence-corrected chi connectivity index (χ1v) is 8.65. The molecule has 1 saturated heterocycles. The molecule has 0 radical (unpaired) electrons. The molecule has 1 aliphatic heterocycles. The highest BCUT2D eigenvalue weighted by atomic mass is 16.2. The fraction of sp³-hybridized carbons (Fsp3) is 0.368. The predicted molar refractivity (Wildman–Crippen MR) is 101 cm³/mol. The Morgan fingerprint density at radius 1 is 1.15 bits per heavy atom. The van der Waals surface area contributed by atoms with Crippen molar-refractivity contribution in [3.05, 3.63) is 36.9 Å². The van der Waals surface area contributed by atoms with Crippen molar-refractivity contribution in [3.8, 4) is 11.3 Å². The minimum absolute atomic E-state index is 0.0334. The molecule has 0 bridgehead atoms. The summed E-state index contributed by atoms with van der Waals surface area (Å²) in [6.45, 7) is 6.72. The number of carbonyl (C=O) groups excluding carboxylic acids is 1. The van der Waals surface area contributed by atoms with E-state index in [-0.39, 0.29) is 5.91 Å². The van der Waals surface area contributed by atoms with Crippen molar-refractivity contribution in [1.29, 1.82) is 0 Å². The molecule has 7 nitrogen and oxygen atoms in total. The summed E-state index contributed by atoms with van der Waals surface area (Å²) in [5.41, 5.74) is 2.12. The van der Waals surface area contributed by atoms with Crippen LogP contribution in [-0.4, -0.2) is 50.2 Å². The van der Waals surface area contributed by atoms with Gasteiger partial charge in [0.15, 0.2) is 0 Å². The molecule has 3 aromatic heterocycles. The highest BCUT2D eigenvalue weighted by molar-refractivity contribution is 5.94. The number of pyridine rings is 2. The van der Waals surface area contributed by atoms with Gasteiger partial charge >= 0.3 is 0 Å². The lowest BCUT2D eigenvalue weighted by Gasteiger charge is -2.45. The van der Waals surface area contributed by atoms with Gasteiger partial charge in [-0.15, -0.1) is 0 Å². The number of nitrogens with one attached hydrogen (secondary N) is 1. The van der Waals surface area contributed by atoms with E-state index in [2.05, 4.69) is 39.1 Å². The van der Waals surface area contributed by atoms with Gasteiger partial charge in [0.2, 0.25) is 5.91 Å². The summed E-state index contributed by atoms with van der Waals surface area (Å²) in [6.07, 6.45) is 7.23. The van der Waals surface area contributed by atoms with Gasteiger partial charge in [-0.3, -0.25) is 19.4 Å². The zero-order valence-electron chi connectivity index (χ0n) is 15.2. The number of hydrogen-bond acceptors (Lipinski definition) is 5. The SMILES string of the molecule is Cn1cc(-c2cc3cc(NC(=O)CN4CC(C)(C)C4)ncc3cn2)cn1. The molecule has 4 heterocycles. The van der Waals surface area contributed by atoms with Gasteiger partial charge in [0.25, 0.3) is 0 Å². The van der Waals surface area contributed by atoms with E-state index in [0.29, 0.717) is 17.8 Å². The summed E-state index contributed by atoms with van der Waals surface area (Å²) in [5.74, 6) is 0.527. The lowest BCUT2D eigenvalue weighted by Crippen LogP contribution is -2.54. The average Bonchev–Trinajstić information content (AvgIpc) is 2.99. The molecule has 1 fully saturated rings. The predicted octanol–water partition coefficient (Wildman–Crippen LogP) is 2.31. The van der Waals surface area contributed by atoms with Crippen LogP contribution in [0.5, 0.6) is 0 Å². The van der Waals surface area contributed by atoms with Crippen molar-refractivity contribution in [2.75, 3.05) is 25.0 Å². The highest BCUT2D eigenvalue weighted by Gasteiger charge is 2.34. The van der Waals surface area contributed by atoms with E-state index in [1.807, 2.05) is 25.4 Å². The summed E-state index contributed by atoms with van der Waals surface area (Å²) in [7, 11) is 1.88. The topological polar surface area (TPSA) is 75.9 Å². The fourth-order valence-corrected chi connectivity index (χ4v) is 3.48. The van der Waals surface area contributed by atoms with Crippen LogP contribution in [0, 0.1) is 5.41 Å². The molecule has 0 spiro atoms. The maximum absolute atomic E-state index is 12.2. The second-order valence-corrected chi connectivity index (χ2v) is 7.75. The Morgan fingerprint density at radius 3 is 2.62 bits per heavy atom. The number of likely N-dealkylation sites (tertiary alicyclic amines) is 1. The molecule has 0 saturated carbocycles. The molecular formula is C19H22N6O. The summed E-state index contributed by atoms with van der Waals surface area (Å²) < 4.78 is 1.75. The number of carbonyl (C=O) groups is 1. The van der Waals surface area contributed by atoms with Crippen LogP contribution >= 0.6 is 0 Å². The number of hydrogen-bond donors (Lipinski definition) is 1.